The Morgan fingerprint density at radius 2 is 1.83 bits per heavy atom. The smallest absolute Gasteiger partial charge is 0.222 e. The fraction of sp³-hybridized carbons (Fsp3) is 0.632. The number of nitrogen functional groups attached to an aromatic ring is 1. The molecule has 0 radical (unpaired) electrons. The van der Waals surface area contributed by atoms with Crippen molar-refractivity contribution >= 4 is 17.3 Å². The predicted octanol–water partition coefficient (Wildman–Crippen LogP) is 3.45. The highest BCUT2D eigenvalue weighted by molar-refractivity contribution is 5.76. The molecule has 1 saturated heterocycles. The summed E-state index contributed by atoms with van der Waals surface area (Å²) in [7, 11) is 0. The molecule has 1 heterocycles. The zero-order valence-electron chi connectivity index (χ0n) is 14.7. The largest absolute Gasteiger partial charge is 0.397 e. The Balaban J connectivity index is 1.92. The van der Waals surface area contributed by atoms with Gasteiger partial charge in [-0.25, -0.2) is 0 Å². The fourth-order valence-corrected chi connectivity index (χ4v) is 3.32. The number of carbonyl (C=O) groups is 1. The van der Waals surface area contributed by atoms with Crippen LogP contribution in [0.15, 0.2) is 18.2 Å². The minimum Gasteiger partial charge on any atom is -0.397 e. The Bertz CT molecular complexity index is 503. The van der Waals surface area contributed by atoms with Crippen molar-refractivity contribution in [3.8, 4) is 0 Å². The average Bonchev–Trinajstić information content (AvgIpc) is 3.06. The Morgan fingerprint density at radius 3 is 2.39 bits per heavy atom. The van der Waals surface area contributed by atoms with Gasteiger partial charge < -0.3 is 15.5 Å². The van der Waals surface area contributed by atoms with Gasteiger partial charge in [-0.15, -0.1) is 0 Å². The summed E-state index contributed by atoms with van der Waals surface area (Å²) in [6.07, 6.45) is 5.88. The van der Waals surface area contributed by atoms with Crippen molar-refractivity contribution in [3.05, 3.63) is 23.8 Å². The molecule has 0 unspecified atom stereocenters. The van der Waals surface area contributed by atoms with Crippen LogP contribution >= 0.6 is 0 Å². The third-order valence-electron chi connectivity index (χ3n) is 4.51. The molecule has 0 bridgehead atoms. The molecule has 0 saturated carbocycles. The van der Waals surface area contributed by atoms with E-state index in [9.17, 15) is 4.79 Å². The Labute approximate surface area is 140 Å². The quantitative estimate of drug-likeness (QED) is 0.747. The van der Waals surface area contributed by atoms with Crippen LogP contribution in [0, 0.1) is 0 Å². The lowest BCUT2D eigenvalue weighted by atomic mass is 10.1. The molecule has 1 aromatic carbocycles. The molecular formula is C19H31N3O. The first-order valence-corrected chi connectivity index (χ1v) is 9.06. The van der Waals surface area contributed by atoms with E-state index in [2.05, 4.69) is 30.9 Å². The van der Waals surface area contributed by atoms with Gasteiger partial charge in [-0.2, -0.15) is 0 Å². The van der Waals surface area contributed by atoms with Crippen LogP contribution in [0.4, 0.5) is 11.4 Å². The van der Waals surface area contributed by atoms with Gasteiger partial charge >= 0.3 is 0 Å². The molecule has 23 heavy (non-hydrogen) atoms. The van der Waals surface area contributed by atoms with E-state index in [4.69, 9.17) is 5.73 Å². The number of nitrogens with two attached hydrogens (primary N) is 1. The van der Waals surface area contributed by atoms with Gasteiger partial charge in [0.05, 0.1) is 11.4 Å². The van der Waals surface area contributed by atoms with Crippen LogP contribution < -0.4 is 10.6 Å². The predicted molar refractivity (Wildman–Crippen MR) is 97.8 cm³/mol. The van der Waals surface area contributed by atoms with Crippen molar-refractivity contribution in [3.63, 3.8) is 0 Å². The minimum absolute atomic E-state index is 0.260. The van der Waals surface area contributed by atoms with Crippen LogP contribution in [0.2, 0.25) is 0 Å². The number of rotatable bonds is 8. The second kappa shape index (κ2) is 8.80. The maximum Gasteiger partial charge on any atom is 0.222 e. The van der Waals surface area contributed by atoms with E-state index in [-0.39, 0.29) is 5.91 Å². The lowest BCUT2D eigenvalue weighted by molar-refractivity contribution is -0.131. The summed E-state index contributed by atoms with van der Waals surface area (Å²) < 4.78 is 0. The Morgan fingerprint density at radius 1 is 1.17 bits per heavy atom. The van der Waals surface area contributed by atoms with E-state index in [0.29, 0.717) is 6.42 Å². The van der Waals surface area contributed by atoms with E-state index in [1.165, 1.54) is 12.8 Å². The summed E-state index contributed by atoms with van der Waals surface area (Å²) >= 11 is 0. The molecule has 2 N–H and O–H groups in total. The molecular weight excluding hydrogens is 286 g/mol. The summed E-state index contributed by atoms with van der Waals surface area (Å²) in [6.45, 7) is 8.17. The first kappa shape index (κ1) is 17.6. The van der Waals surface area contributed by atoms with Crippen molar-refractivity contribution in [2.75, 3.05) is 36.8 Å². The maximum absolute atomic E-state index is 12.3. The topological polar surface area (TPSA) is 49.6 Å². The fourth-order valence-electron chi connectivity index (χ4n) is 3.32. The third kappa shape index (κ3) is 4.88. The number of hydrogen-bond donors (Lipinski definition) is 1. The van der Waals surface area contributed by atoms with Crippen LogP contribution in [0.1, 0.15) is 51.5 Å². The zero-order chi connectivity index (χ0) is 16.7. The van der Waals surface area contributed by atoms with Gasteiger partial charge in [0.1, 0.15) is 0 Å². The van der Waals surface area contributed by atoms with Crippen molar-refractivity contribution in [2.45, 2.75) is 52.4 Å². The van der Waals surface area contributed by atoms with Gasteiger partial charge in [0.2, 0.25) is 5.91 Å². The van der Waals surface area contributed by atoms with Gasteiger partial charge in [-0.3, -0.25) is 4.79 Å². The number of hydrogen-bond acceptors (Lipinski definition) is 3. The van der Waals surface area contributed by atoms with Crippen LogP contribution in [-0.2, 0) is 11.2 Å². The molecule has 1 fully saturated rings. The molecule has 2 rings (SSSR count). The molecule has 0 spiro atoms. The van der Waals surface area contributed by atoms with E-state index in [0.717, 1.165) is 62.4 Å². The Kier molecular flexibility index (Phi) is 6.75. The number of nitrogens with zero attached hydrogens (tertiary/aromatic N) is 2. The molecule has 1 aromatic rings. The van der Waals surface area contributed by atoms with Crippen LogP contribution in [0.3, 0.4) is 0 Å². The second-order valence-corrected chi connectivity index (χ2v) is 6.47. The van der Waals surface area contributed by atoms with Crippen LogP contribution in [-0.4, -0.2) is 37.0 Å². The minimum atomic E-state index is 0.260. The molecule has 1 aliphatic heterocycles. The van der Waals surface area contributed by atoms with Crippen molar-refractivity contribution in [1.82, 2.24) is 4.90 Å². The van der Waals surface area contributed by atoms with E-state index in [1.807, 2.05) is 11.0 Å². The standard InChI is InChI=1S/C19H31N3O/c1-3-11-22(12-4-2)19(23)10-8-16-7-9-18(17(20)15-16)21-13-5-6-14-21/h7,9,15H,3-6,8,10-14,20H2,1-2H3. The molecule has 0 aromatic heterocycles. The van der Waals surface area contributed by atoms with Gasteiger partial charge in [0.25, 0.3) is 0 Å². The number of aryl methyl sites for hydroxylation is 1. The molecule has 128 valence electrons. The Hall–Kier alpha value is -1.71. The number of anilines is 2. The SMILES string of the molecule is CCCN(CCC)C(=O)CCc1ccc(N2CCCC2)c(N)c1. The molecule has 0 atom stereocenters. The number of amides is 1. The van der Waals surface area contributed by atoms with Crippen molar-refractivity contribution in [1.29, 1.82) is 0 Å². The van der Waals surface area contributed by atoms with Gasteiger partial charge in [-0.05, 0) is 49.8 Å². The van der Waals surface area contributed by atoms with Crippen LogP contribution in [0.5, 0.6) is 0 Å². The zero-order valence-corrected chi connectivity index (χ0v) is 14.7. The summed E-state index contributed by atoms with van der Waals surface area (Å²) in [4.78, 5) is 16.7. The van der Waals surface area contributed by atoms with Gasteiger partial charge in [-0.1, -0.05) is 19.9 Å². The first-order chi connectivity index (χ1) is 11.2. The molecule has 4 heteroatoms. The second-order valence-electron chi connectivity index (χ2n) is 6.47. The lowest BCUT2D eigenvalue weighted by Crippen LogP contribution is -2.32. The highest BCUT2D eigenvalue weighted by atomic mass is 16.2. The molecule has 0 aliphatic carbocycles. The number of carbonyl (C=O) groups excluding carboxylic acids is 1. The summed E-state index contributed by atoms with van der Waals surface area (Å²) in [5, 5.41) is 0. The van der Waals surface area contributed by atoms with Crippen LogP contribution in [0.25, 0.3) is 0 Å². The monoisotopic (exact) mass is 317 g/mol. The van der Waals surface area contributed by atoms with Crippen molar-refractivity contribution in [2.24, 2.45) is 0 Å². The number of benzene rings is 1. The normalized spacial score (nSPS) is 14.3. The van der Waals surface area contributed by atoms with Crippen molar-refractivity contribution < 1.29 is 4.79 Å². The molecule has 1 aliphatic rings. The van der Waals surface area contributed by atoms with E-state index < -0.39 is 0 Å². The lowest BCUT2D eigenvalue weighted by Gasteiger charge is -2.22. The molecule has 4 nitrogen and oxygen atoms in total. The van der Waals surface area contributed by atoms with E-state index >= 15 is 0 Å². The average molecular weight is 317 g/mol. The summed E-state index contributed by atoms with van der Waals surface area (Å²) in [5.41, 5.74) is 9.38. The third-order valence-corrected chi connectivity index (χ3v) is 4.51. The summed E-state index contributed by atoms with van der Waals surface area (Å²) in [6, 6.07) is 6.29. The first-order valence-electron chi connectivity index (χ1n) is 9.06. The van der Waals surface area contributed by atoms with E-state index in [1.54, 1.807) is 0 Å². The highest BCUT2D eigenvalue weighted by Crippen LogP contribution is 2.28. The van der Waals surface area contributed by atoms with Gasteiger partial charge in [0.15, 0.2) is 0 Å². The molecule has 1 amide bonds. The van der Waals surface area contributed by atoms with Gasteiger partial charge in [0, 0.05) is 32.6 Å². The highest BCUT2D eigenvalue weighted by Gasteiger charge is 2.16. The summed E-state index contributed by atoms with van der Waals surface area (Å²) in [5.74, 6) is 0.260. The maximum atomic E-state index is 12.3.